The number of allylic oxidation sites excluding steroid dienone is 1. The summed E-state index contributed by atoms with van der Waals surface area (Å²) in [6.07, 6.45) is 4.22. The molecule has 0 fully saturated rings. The van der Waals surface area contributed by atoms with Crippen molar-refractivity contribution < 1.29 is 14.0 Å². The van der Waals surface area contributed by atoms with Crippen molar-refractivity contribution in [2.75, 3.05) is 0 Å². The average molecular weight is 259 g/mol. The average Bonchev–Trinajstić information content (AvgIpc) is 2.79. The number of ketones is 2. The molecule has 3 rings (SSSR count). The lowest BCUT2D eigenvalue weighted by molar-refractivity contribution is -0.110. The third kappa shape index (κ3) is 1.60. The number of Topliss-reactive ketones (excluding diaryl/α,β-unsaturated/α-hetero) is 1. The third-order valence-electron chi connectivity index (χ3n) is 2.81. The van der Waals surface area contributed by atoms with E-state index in [0.29, 0.717) is 21.9 Å². The molecule has 3 nitrogen and oxygen atoms in total. The van der Waals surface area contributed by atoms with Crippen LogP contribution in [0.15, 0.2) is 41.0 Å². The molecule has 0 saturated carbocycles. The highest BCUT2D eigenvalue weighted by molar-refractivity contribution is 6.50. The quantitative estimate of drug-likeness (QED) is 0.737. The first-order valence-corrected chi connectivity index (χ1v) is 5.69. The number of hydrogen-bond acceptors (Lipinski definition) is 3. The third-order valence-corrected chi connectivity index (χ3v) is 3.06. The Morgan fingerprint density at radius 3 is 2.44 bits per heavy atom. The van der Waals surface area contributed by atoms with E-state index in [1.54, 1.807) is 24.3 Å². The number of hydrogen-bond donors (Lipinski definition) is 0. The smallest absolute Gasteiger partial charge is 0.237 e. The summed E-state index contributed by atoms with van der Waals surface area (Å²) in [5.41, 5.74) is 1.73. The summed E-state index contributed by atoms with van der Waals surface area (Å²) in [5.74, 6) is -0.644. The largest absolute Gasteiger partial charge is 0.464 e. The molecule has 0 radical (unpaired) electrons. The van der Waals surface area contributed by atoms with Gasteiger partial charge >= 0.3 is 0 Å². The Morgan fingerprint density at radius 1 is 1.00 bits per heavy atom. The molecule has 2 aromatic rings. The fraction of sp³-hybridized carbons (Fsp3) is 0. The molecular formula is C14H7ClO3. The summed E-state index contributed by atoms with van der Waals surface area (Å²) >= 11 is 5.81. The van der Waals surface area contributed by atoms with Gasteiger partial charge in [-0.05, 0) is 29.8 Å². The predicted octanol–water partition coefficient (Wildman–Crippen LogP) is 3.38. The van der Waals surface area contributed by atoms with Crippen LogP contribution in [0.1, 0.15) is 16.1 Å². The van der Waals surface area contributed by atoms with Gasteiger partial charge in [-0.25, -0.2) is 0 Å². The van der Waals surface area contributed by atoms with Crippen molar-refractivity contribution in [3.8, 4) is 11.1 Å². The first-order chi connectivity index (χ1) is 8.66. The first-order valence-electron chi connectivity index (χ1n) is 5.31. The fourth-order valence-electron chi connectivity index (χ4n) is 1.92. The molecule has 88 valence electrons. The molecule has 1 heterocycles. The first kappa shape index (κ1) is 11.0. The molecule has 18 heavy (non-hydrogen) atoms. The summed E-state index contributed by atoms with van der Waals surface area (Å²) < 4.78 is 5.30. The lowest BCUT2D eigenvalue weighted by atomic mass is 9.94. The molecule has 4 heteroatoms. The Labute approximate surface area is 108 Å². The summed E-state index contributed by atoms with van der Waals surface area (Å²) in [6, 6.07) is 7.01. The number of carbonyl (C=O) groups excluding carboxylic acids is 2. The Balaban J connectivity index is 2.18. The molecule has 1 aromatic heterocycles. The molecule has 0 unspecified atom stereocenters. The van der Waals surface area contributed by atoms with E-state index < -0.39 is 11.6 Å². The van der Waals surface area contributed by atoms with E-state index in [1.807, 2.05) is 0 Å². The van der Waals surface area contributed by atoms with E-state index in [1.165, 1.54) is 18.4 Å². The summed E-state index contributed by atoms with van der Waals surface area (Å²) in [7, 11) is 0. The molecule has 1 aliphatic rings. The highest BCUT2D eigenvalue weighted by atomic mass is 35.5. The maximum absolute atomic E-state index is 11.9. The number of carbonyl (C=O) groups is 2. The zero-order chi connectivity index (χ0) is 12.7. The molecule has 0 aliphatic heterocycles. The molecule has 0 spiro atoms. The zero-order valence-electron chi connectivity index (χ0n) is 9.14. The molecule has 0 N–H and O–H groups in total. The summed E-state index contributed by atoms with van der Waals surface area (Å²) in [6.45, 7) is 0. The van der Waals surface area contributed by atoms with Gasteiger partial charge in [0.2, 0.25) is 11.6 Å². The van der Waals surface area contributed by atoms with Gasteiger partial charge in [-0.3, -0.25) is 9.59 Å². The lowest BCUT2D eigenvalue weighted by Gasteiger charge is -2.05. The minimum atomic E-state index is -0.536. The lowest BCUT2D eigenvalue weighted by Crippen LogP contribution is -2.15. The Morgan fingerprint density at radius 2 is 1.72 bits per heavy atom. The van der Waals surface area contributed by atoms with Gasteiger partial charge in [-0.1, -0.05) is 23.7 Å². The number of benzene rings is 1. The maximum Gasteiger partial charge on any atom is 0.237 e. The van der Waals surface area contributed by atoms with Crippen molar-refractivity contribution in [1.82, 2.24) is 0 Å². The SMILES string of the molecule is O=C1C=Cc2occ(-c3ccc(Cl)cc3)c2C1=O. The van der Waals surface area contributed by atoms with E-state index in [9.17, 15) is 9.59 Å². The van der Waals surface area contributed by atoms with Gasteiger partial charge in [0.25, 0.3) is 0 Å². The Bertz CT molecular complexity index is 678. The van der Waals surface area contributed by atoms with Crippen LogP contribution < -0.4 is 0 Å². The monoisotopic (exact) mass is 258 g/mol. The van der Waals surface area contributed by atoms with Gasteiger partial charge in [0.1, 0.15) is 5.76 Å². The highest BCUT2D eigenvalue weighted by Gasteiger charge is 2.27. The Kier molecular flexibility index (Phi) is 2.42. The Hall–Kier alpha value is -2.13. The minimum Gasteiger partial charge on any atom is -0.464 e. The van der Waals surface area contributed by atoms with Crippen LogP contribution in [-0.4, -0.2) is 11.6 Å². The second kappa shape index (κ2) is 3.96. The fourth-order valence-corrected chi connectivity index (χ4v) is 2.05. The van der Waals surface area contributed by atoms with Crippen LogP contribution in [0.5, 0.6) is 0 Å². The van der Waals surface area contributed by atoms with Gasteiger partial charge in [-0.2, -0.15) is 0 Å². The van der Waals surface area contributed by atoms with Crippen molar-refractivity contribution in [2.24, 2.45) is 0 Å². The molecule has 0 atom stereocenters. The van der Waals surface area contributed by atoms with E-state index in [0.717, 1.165) is 5.56 Å². The van der Waals surface area contributed by atoms with Crippen LogP contribution in [0.2, 0.25) is 5.02 Å². The molecule has 0 saturated heterocycles. The van der Waals surface area contributed by atoms with Gasteiger partial charge in [0, 0.05) is 10.6 Å². The normalized spacial score (nSPS) is 13.8. The zero-order valence-corrected chi connectivity index (χ0v) is 9.90. The van der Waals surface area contributed by atoms with Gasteiger partial charge in [-0.15, -0.1) is 0 Å². The van der Waals surface area contributed by atoms with E-state index in [4.69, 9.17) is 16.0 Å². The summed E-state index contributed by atoms with van der Waals surface area (Å²) in [4.78, 5) is 23.2. The second-order valence-corrected chi connectivity index (χ2v) is 4.36. The van der Waals surface area contributed by atoms with Crippen LogP contribution in [-0.2, 0) is 4.79 Å². The van der Waals surface area contributed by atoms with Crippen LogP contribution in [0.3, 0.4) is 0 Å². The van der Waals surface area contributed by atoms with Crippen molar-refractivity contribution >= 4 is 29.2 Å². The topological polar surface area (TPSA) is 47.3 Å². The van der Waals surface area contributed by atoms with Crippen molar-refractivity contribution in [2.45, 2.75) is 0 Å². The number of halogens is 1. The minimum absolute atomic E-state index is 0.324. The van der Waals surface area contributed by atoms with Crippen LogP contribution in [0.25, 0.3) is 17.2 Å². The maximum atomic E-state index is 11.9. The van der Waals surface area contributed by atoms with Crippen molar-refractivity contribution in [1.29, 1.82) is 0 Å². The van der Waals surface area contributed by atoms with Crippen molar-refractivity contribution in [3.63, 3.8) is 0 Å². The van der Waals surface area contributed by atoms with E-state index in [-0.39, 0.29) is 0 Å². The summed E-state index contributed by atoms with van der Waals surface area (Å²) in [5, 5.41) is 0.610. The molecule has 0 bridgehead atoms. The molecule has 0 amide bonds. The second-order valence-electron chi connectivity index (χ2n) is 3.92. The highest BCUT2D eigenvalue weighted by Crippen LogP contribution is 2.32. The van der Waals surface area contributed by atoms with Crippen molar-refractivity contribution in [3.05, 3.63) is 53.0 Å². The van der Waals surface area contributed by atoms with Gasteiger partial charge < -0.3 is 4.42 Å². The van der Waals surface area contributed by atoms with Crippen LogP contribution in [0.4, 0.5) is 0 Å². The number of fused-ring (bicyclic) bond motifs is 1. The molecular weight excluding hydrogens is 252 g/mol. The van der Waals surface area contributed by atoms with Gasteiger partial charge in [0.15, 0.2) is 0 Å². The van der Waals surface area contributed by atoms with Crippen LogP contribution in [0, 0.1) is 0 Å². The van der Waals surface area contributed by atoms with Gasteiger partial charge in [0.05, 0.1) is 11.8 Å². The van der Waals surface area contributed by atoms with Crippen LogP contribution >= 0.6 is 11.6 Å². The molecule has 1 aromatic carbocycles. The van der Waals surface area contributed by atoms with E-state index >= 15 is 0 Å². The number of furan rings is 1. The van der Waals surface area contributed by atoms with E-state index in [2.05, 4.69) is 0 Å². The number of rotatable bonds is 1. The predicted molar refractivity (Wildman–Crippen MR) is 67.5 cm³/mol. The molecule has 1 aliphatic carbocycles. The standard InChI is InChI=1S/C14H7ClO3/c15-9-3-1-8(2-4-9)10-7-18-12-6-5-11(16)14(17)13(10)12/h1-7H.